The van der Waals surface area contributed by atoms with Crippen molar-refractivity contribution in [1.29, 1.82) is 0 Å². The van der Waals surface area contributed by atoms with Gasteiger partial charge < -0.3 is 14.8 Å². The molecule has 5 rings (SSSR count). The molecule has 4 aliphatic rings. The number of hydrogen-bond acceptors (Lipinski definition) is 3. The van der Waals surface area contributed by atoms with E-state index in [4.69, 9.17) is 9.47 Å². The van der Waals surface area contributed by atoms with Gasteiger partial charge in [0, 0.05) is 24.2 Å². The maximum absolute atomic E-state index is 13.3. The van der Waals surface area contributed by atoms with Crippen LogP contribution in [0.1, 0.15) is 77.2 Å². The van der Waals surface area contributed by atoms with Gasteiger partial charge in [0.05, 0.1) is 6.33 Å². The third-order valence-corrected chi connectivity index (χ3v) is 8.24. The summed E-state index contributed by atoms with van der Waals surface area (Å²) in [7, 11) is 0. The largest absolute Gasteiger partial charge is 0.489 e. The lowest BCUT2D eigenvalue weighted by molar-refractivity contribution is -0.141. The van der Waals surface area contributed by atoms with Crippen LogP contribution in [0, 0.1) is 5.41 Å². The number of ether oxygens (including phenoxy) is 2. The van der Waals surface area contributed by atoms with Crippen LogP contribution in [0.3, 0.4) is 0 Å². The van der Waals surface area contributed by atoms with Crippen LogP contribution in [0.4, 0.5) is 4.39 Å². The fourth-order valence-corrected chi connectivity index (χ4v) is 5.60. The van der Waals surface area contributed by atoms with E-state index in [1.165, 1.54) is 5.56 Å². The maximum atomic E-state index is 13.3. The van der Waals surface area contributed by atoms with Gasteiger partial charge in [-0.15, -0.1) is 0 Å². The highest BCUT2D eigenvalue weighted by Gasteiger charge is 2.53. The van der Waals surface area contributed by atoms with Gasteiger partial charge in [-0.3, -0.25) is 4.79 Å². The van der Waals surface area contributed by atoms with E-state index in [1.54, 1.807) is 0 Å². The number of benzene rings is 1. The zero-order valence-corrected chi connectivity index (χ0v) is 19.0. The quantitative estimate of drug-likeness (QED) is 0.613. The molecule has 1 saturated heterocycles. The van der Waals surface area contributed by atoms with Crippen LogP contribution in [0.2, 0.25) is 0 Å². The number of nitrogens with one attached hydrogen (secondary N) is 1. The Morgan fingerprint density at radius 2 is 1.68 bits per heavy atom. The Kier molecular flexibility index (Phi) is 6.43. The molecule has 170 valence electrons. The topological polar surface area (TPSA) is 47.6 Å². The highest BCUT2D eigenvalue weighted by atomic mass is 19.1. The molecule has 1 aromatic rings. The zero-order chi connectivity index (χ0) is 22.0. The predicted molar refractivity (Wildman–Crippen MR) is 120 cm³/mol. The Morgan fingerprint density at radius 3 is 2.23 bits per heavy atom. The van der Waals surface area contributed by atoms with Crippen molar-refractivity contribution in [2.24, 2.45) is 5.41 Å². The number of carbonyl (C=O) groups excluding carboxylic acids is 1. The summed E-state index contributed by atoms with van der Waals surface area (Å²) in [5, 5.41) is 3.41. The minimum Gasteiger partial charge on any atom is -0.489 e. The van der Waals surface area contributed by atoms with Crippen molar-refractivity contribution in [2.75, 3.05) is 19.8 Å². The Labute approximate surface area is 185 Å². The molecule has 3 aliphatic carbocycles. The molecule has 0 spiro atoms. The SMILES string of the molecule is CC/C(=C\F)COc1ccc(C23CCC(C(=O)NC4(C)CCOCC4)(CC2)CC3)cc1. The van der Waals surface area contributed by atoms with Crippen molar-refractivity contribution in [3.05, 3.63) is 41.7 Å². The van der Waals surface area contributed by atoms with Gasteiger partial charge >= 0.3 is 0 Å². The van der Waals surface area contributed by atoms with Crippen LogP contribution in [0.15, 0.2) is 36.2 Å². The second-order valence-corrected chi connectivity index (χ2v) is 10.1. The molecule has 3 saturated carbocycles. The summed E-state index contributed by atoms with van der Waals surface area (Å²) in [6.07, 6.45) is 9.16. The molecule has 4 nitrogen and oxygen atoms in total. The molecule has 2 bridgehead atoms. The third-order valence-electron chi connectivity index (χ3n) is 8.24. The summed E-state index contributed by atoms with van der Waals surface area (Å²) in [4.78, 5) is 13.3. The number of amides is 1. The van der Waals surface area contributed by atoms with Gasteiger partial charge in [0.25, 0.3) is 0 Å². The smallest absolute Gasteiger partial charge is 0.226 e. The van der Waals surface area contributed by atoms with Crippen LogP contribution >= 0.6 is 0 Å². The first-order valence-corrected chi connectivity index (χ1v) is 11.8. The fourth-order valence-electron chi connectivity index (χ4n) is 5.60. The predicted octanol–water partition coefficient (Wildman–Crippen LogP) is 5.61. The minimum atomic E-state index is -0.193. The van der Waals surface area contributed by atoms with Crippen LogP contribution in [-0.4, -0.2) is 31.3 Å². The van der Waals surface area contributed by atoms with Gasteiger partial charge in [-0.2, -0.15) is 0 Å². The average molecular weight is 430 g/mol. The molecular weight excluding hydrogens is 393 g/mol. The van der Waals surface area contributed by atoms with Crippen LogP contribution in [0.5, 0.6) is 5.75 Å². The summed E-state index contributed by atoms with van der Waals surface area (Å²) in [5.41, 5.74) is 1.87. The molecule has 0 radical (unpaired) electrons. The number of rotatable bonds is 7. The van der Waals surface area contributed by atoms with E-state index < -0.39 is 0 Å². The van der Waals surface area contributed by atoms with Gasteiger partial charge in [0.15, 0.2) is 0 Å². The Bertz CT molecular complexity index is 786. The summed E-state index contributed by atoms with van der Waals surface area (Å²) in [6.45, 7) is 5.84. The first-order valence-electron chi connectivity index (χ1n) is 11.8. The highest BCUT2D eigenvalue weighted by molar-refractivity contribution is 5.84. The van der Waals surface area contributed by atoms with E-state index in [1.807, 2.05) is 19.1 Å². The molecule has 0 atom stereocenters. The molecule has 4 fully saturated rings. The lowest BCUT2D eigenvalue weighted by atomic mass is 9.51. The van der Waals surface area contributed by atoms with Crippen molar-refractivity contribution < 1.29 is 18.7 Å². The summed E-state index contributed by atoms with van der Waals surface area (Å²) >= 11 is 0. The maximum Gasteiger partial charge on any atom is 0.226 e. The van der Waals surface area contributed by atoms with Crippen LogP contribution < -0.4 is 10.1 Å². The molecule has 1 amide bonds. The molecular formula is C26H36FNO3. The first-order chi connectivity index (χ1) is 14.9. The van der Waals surface area contributed by atoms with E-state index in [9.17, 15) is 9.18 Å². The van der Waals surface area contributed by atoms with Gasteiger partial charge in [-0.1, -0.05) is 19.1 Å². The van der Waals surface area contributed by atoms with Gasteiger partial charge in [0.1, 0.15) is 12.4 Å². The fraction of sp³-hybridized carbons (Fsp3) is 0.654. The first kappa shape index (κ1) is 22.3. The molecule has 0 aromatic heterocycles. The normalized spacial score (nSPS) is 30.1. The van der Waals surface area contributed by atoms with E-state index in [2.05, 4.69) is 24.4 Å². The van der Waals surface area contributed by atoms with E-state index >= 15 is 0 Å². The average Bonchev–Trinajstić information content (AvgIpc) is 2.81. The number of halogens is 1. The number of hydrogen-bond donors (Lipinski definition) is 1. The summed E-state index contributed by atoms with van der Waals surface area (Å²) < 4.78 is 23.9. The molecule has 1 N–H and O–H groups in total. The van der Waals surface area contributed by atoms with E-state index in [0.29, 0.717) is 24.9 Å². The highest BCUT2D eigenvalue weighted by Crippen LogP contribution is 2.58. The van der Waals surface area contributed by atoms with E-state index in [-0.39, 0.29) is 22.3 Å². The van der Waals surface area contributed by atoms with Crippen molar-refractivity contribution in [3.63, 3.8) is 0 Å². The molecule has 1 heterocycles. The van der Waals surface area contributed by atoms with Crippen LogP contribution in [0.25, 0.3) is 0 Å². The van der Waals surface area contributed by atoms with Gasteiger partial charge in [-0.25, -0.2) is 4.39 Å². The molecule has 1 aromatic carbocycles. The molecule has 5 heteroatoms. The standard InChI is InChI=1S/C26H36FNO3/c1-3-20(18-27)19-31-22-6-4-21(5-7-22)25-8-11-26(12-9-25,13-10-25)23(29)28-24(2)14-16-30-17-15-24/h4-7,18H,3,8-17,19H2,1-2H3,(H,28,29)/b20-18+. The van der Waals surface area contributed by atoms with Crippen molar-refractivity contribution >= 4 is 5.91 Å². The lowest BCUT2D eigenvalue weighted by Crippen LogP contribution is -2.58. The van der Waals surface area contributed by atoms with Crippen LogP contribution in [-0.2, 0) is 14.9 Å². The van der Waals surface area contributed by atoms with Crippen molar-refractivity contribution in [2.45, 2.75) is 82.6 Å². The Hall–Kier alpha value is -1.88. The van der Waals surface area contributed by atoms with Crippen molar-refractivity contribution in [1.82, 2.24) is 5.32 Å². The number of fused-ring (bicyclic) bond motifs is 3. The monoisotopic (exact) mass is 429 g/mol. The third kappa shape index (κ3) is 4.52. The lowest BCUT2D eigenvalue weighted by Gasteiger charge is -2.53. The Balaban J connectivity index is 1.37. The summed E-state index contributed by atoms with van der Waals surface area (Å²) in [6, 6.07) is 8.35. The second kappa shape index (κ2) is 8.93. The van der Waals surface area contributed by atoms with Gasteiger partial charge in [-0.05, 0) is 93.4 Å². The molecule has 1 aliphatic heterocycles. The molecule has 0 unspecified atom stereocenters. The number of carbonyl (C=O) groups is 1. The van der Waals surface area contributed by atoms with Crippen molar-refractivity contribution in [3.8, 4) is 5.75 Å². The minimum absolute atomic E-state index is 0.124. The second-order valence-electron chi connectivity index (χ2n) is 10.1. The van der Waals surface area contributed by atoms with Gasteiger partial charge in [0.2, 0.25) is 5.91 Å². The summed E-state index contributed by atoms with van der Waals surface area (Å²) in [5.74, 6) is 1.04. The van der Waals surface area contributed by atoms with E-state index in [0.717, 1.165) is 70.3 Å². The zero-order valence-electron chi connectivity index (χ0n) is 19.0. The molecule has 31 heavy (non-hydrogen) atoms. The Morgan fingerprint density at radius 1 is 1.06 bits per heavy atom.